The molecule has 1 amide bonds. The normalized spacial score (nSPS) is 18.5. The molecule has 3 nitrogen and oxygen atoms in total. The highest BCUT2D eigenvalue weighted by atomic mass is 28.4. The van der Waals surface area contributed by atoms with Crippen molar-refractivity contribution >= 4 is 24.6 Å². The third-order valence-electron chi connectivity index (χ3n) is 5.62. The minimum Gasteiger partial charge on any atom is -0.402 e. The molecule has 148 valence electrons. The van der Waals surface area contributed by atoms with Crippen molar-refractivity contribution in [1.29, 1.82) is 0 Å². The van der Waals surface area contributed by atoms with Crippen LogP contribution in [0.5, 0.6) is 0 Å². The molecule has 1 aliphatic heterocycles. The third kappa shape index (κ3) is 3.98. The van der Waals surface area contributed by atoms with Crippen LogP contribution in [0.1, 0.15) is 40.0 Å². The molecule has 2 aromatic rings. The van der Waals surface area contributed by atoms with Crippen molar-refractivity contribution in [2.24, 2.45) is 0 Å². The predicted molar refractivity (Wildman–Crippen MR) is 118 cm³/mol. The van der Waals surface area contributed by atoms with Crippen molar-refractivity contribution < 1.29 is 9.22 Å². The van der Waals surface area contributed by atoms with Crippen molar-refractivity contribution in [1.82, 2.24) is 5.32 Å². The van der Waals surface area contributed by atoms with Crippen LogP contribution in [0.2, 0.25) is 5.04 Å². The fraction of sp³-hybridized carbons (Fsp3) is 0.375. The lowest BCUT2D eigenvalue weighted by Crippen LogP contribution is -2.68. The van der Waals surface area contributed by atoms with Gasteiger partial charge in [0.05, 0.1) is 12.1 Å². The standard InChI is InChI=1S/C24H31NO2Si/c1-5-12-22(21-17-18-23(26)25-21)27-28(24(2,3)4,19-13-8-6-9-14-19)20-15-10-7-11-16-20/h5-11,13-16,21-22H,1,12,17-18H2,2-4H3,(H,25,26)/t21-,22+/m0/s1. The van der Waals surface area contributed by atoms with Crippen LogP contribution in [0.15, 0.2) is 73.3 Å². The number of amides is 1. The summed E-state index contributed by atoms with van der Waals surface area (Å²) < 4.78 is 7.20. The summed E-state index contributed by atoms with van der Waals surface area (Å²) >= 11 is 0. The van der Waals surface area contributed by atoms with Crippen LogP contribution in [-0.4, -0.2) is 26.4 Å². The molecule has 2 aromatic carbocycles. The Hall–Kier alpha value is -2.17. The number of carbonyl (C=O) groups is 1. The fourth-order valence-corrected chi connectivity index (χ4v) is 9.02. The molecule has 0 saturated carbocycles. The average molecular weight is 394 g/mol. The summed E-state index contributed by atoms with van der Waals surface area (Å²) in [5, 5.41) is 5.55. The van der Waals surface area contributed by atoms with Crippen LogP contribution in [0.3, 0.4) is 0 Å². The number of carbonyl (C=O) groups excluding carboxylic acids is 1. The maximum Gasteiger partial charge on any atom is 0.261 e. The van der Waals surface area contributed by atoms with Gasteiger partial charge >= 0.3 is 0 Å². The molecule has 1 aliphatic rings. The molecule has 0 unspecified atom stereocenters. The number of rotatable bonds is 7. The molecule has 0 spiro atoms. The highest BCUT2D eigenvalue weighted by Gasteiger charge is 2.52. The van der Waals surface area contributed by atoms with Gasteiger partial charge in [-0.25, -0.2) is 0 Å². The van der Waals surface area contributed by atoms with E-state index in [1.807, 2.05) is 6.08 Å². The monoisotopic (exact) mass is 393 g/mol. The number of nitrogens with one attached hydrogen (secondary N) is 1. The molecule has 3 rings (SSSR count). The average Bonchev–Trinajstić information content (AvgIpc) is 3.12. The van der Waals surface area contributed by atoms with Crippen molar-refractivity contribution in [2.75, 3.05) is 0 Å². The zero-order chi connectivity index (χ0) is 20.2. The quantitative estimate of drug-likeness (QED) is 0.574. The summed E-state index contributed by atoms with van der Waals surface area (Å²) in [6.45, 7) is 10.8. The van der Waals surface area contributed by atoms with Crippen molar-refractivity contribution in [3.8, 4) is 0 Å². The van der Waals surface area contributed by atoms with Crippen molar-refractivity contribution in [3.63, 3.8) is 0 Å². The highest BCUT2D eigenvalue weighted by molar-refractivity contribution is 6.99. The molecule has 0 aliphatic carbocycles. The fourth-order valence-electron chi connectivity index (χ4n) is 4.29. The van der Waals surface area contributed by atoms with Crippen molar-refractivity contribution in [3.05, 3.63) is 73.3 Å². The van der Waals surface area contributed by atoms with E-state index in [2.05, 4.69) is 93.3 Å². The van der Waals surface area contributed by atoms with Crippen LogP contribution in [0.25, 0.3) is 0 Å². The molecule has 4 heteroatoms. The second-order valence-corrected chi connectivity index (χ2v) is 12.8. The lowest BCUT2D eigenvalue weighted by atomic mass is 10.1. The second kappa shape index (κ2) is 8.46. The summed E-state index contributed by atoms with van der Waals surface area (Å²) in [6, 6.07) is 21.3. The Balaban J connectivity index is 2.14. The van der Waals surface area contributed by atoms with Gasteiger partial charge in [0.1, 0.15) is 0 Å². The summed E-state index contributed by atoms with van der Waals surface area (Å²) in [5.41, 5.74) is 0. The van der Waals surface area contributed by atoms with Crippen LogP contribution < -0.4 is 15.7 Å². The van der Waals surface area contributed by atoms with Gasteiger partial charge in [0, 0.05) is 6.42 Å². The topological polar surface area (TPSA) is 38.3 Å². The second-order valence-electron chi connectivity index (χ2n) is 8.56. The Labute approximate surface area is 170 Å². The molecule has 1 saturated heterocycles. The Morgan fingerprint density at radius 1 is 1.11 bits per heavy atom. The lowest BCUT2D eigenvalue weighted by molar-refractivity contribution is -0.119. The Bertz CT molecular complexity index is 759. The zero-order valence-electron chi connectivity index (χ0n) is 17.2. The van der Waals surface area contributed by atoms with Crippen LogP contribution in [-0.2, 0) is 9.22 Å². The maximum absolute atomic E-state index is 11.9. The molecular formula is C24H31NO2Si. The van der Waals surface area contributed by atoms with E-state index < -0.39 is 8.32 Å². The first-order chi connectivity index (χ1) is 13.4. The van der Waals surface area contributed by atoms with Crippen LogP contribution in [0.4, 0.5) is 0 Å². The minimum atomic E-state index is -2.64. The van der Waals surface area contributed by atoms with E-state index in [0.29, 0.717) is 6.42 Å². The van der Waals surface area contributed by atoms with E-state index in [4.69, 9.17) is 4.43 Å². The molecule has 2 atom stereocenters. The van der Waals surface area contributed by atoms with Gasteiger partial charge in [-0.3, -0.25) is 4.79 Å². The molecule has 1 N–H and O–H groups in total. The van der Waals surface area contributed by atoms with Gasteiger partial charge in [0.15, 0.2) is 0 Å². The van der Waals surface area contributed by atoms with Gasteiger partial charge in [-0.2, -0.15) is 0 Å². The first-order valence-electron chi connectivity index (χ1n) is 10.1. The van der Waals surface area contributed by atoms with E-state index in [9.17, 15) is 4.79 Å². The first-order valence-corrected chi connectivity index (χ1v) is 12.0. The molecular weight excluding hydrogens is 362 g/mol. The molecule has 1 heterocycles. The maximum atomic E-state index is 11.9. The van der Waals surface area contributed by atoms with Gasteiger partial charge in [0.25, 0.3) is 8.32 Å². The lowest BCUT2D eigenvalue weighted by Gasteiger charge is -2.46. The molecule has 0 bridgehead atoms. The highest BCUT2D eigenvalue weighted by Crippen LogP contribution is 2.38. The summed E-state index contributed by atoms with van der Waals surface area (Å²) in [7, 11) is -2.64. The SMILES string of the molecule is C=CC[C@@H](O[Si](c1ccccc1)(c1ccccc1)C(C)(C)C)[C@@H]1CCC(=O)N1. The number of hydrogen-bond acceptors (Lipinski definition) is 2. The van der Waals surface area contributed by atoms with E-state index in [1.54, 1.807) is 0 Å². The van der Waals surface area contributed by atoms with Crippen molar-refractivity contribution in [2.45, 2.75) is 57.2 Å². The van der Waals surface area contributed by atoms with Gasteiger partial charge in [-0.1, -0.05) is 87.5 Å². The Morgan fingerprint density at radius 2 is 1.64 bits per heavy atom. The van der Waals surface area contributed by atoms with Gasteiger partial charge < -0.3 is 9.74 Å². The van der Waals surface area contributed by atoms with Gasteiger partial charge in [-0.15, -0.1) is 6.58 Å². The minimum absolute atomic E-state index is 0.0344. The van der Waals surface area contributed by atoms with E-state index in [-0.39, 0.29) is 23.1 Å². The van der Waals surface area contributed by atoms with E-state index >= 15 is 0 Å². The zero-order valence-corrected chi connectivity index (χ0v) is 18.2. The predicted octanol–water partition coefficient (Wildman–Crippen LogP) is 3.79. The summed E-state index contributed by atoms with van der Waals surface area (Å²) in [6.07, 6.45) is 3.93. The molecule has 0 aromatic heterocycles. The van der Waals surface area contributed by atoms with Crippen LogP contribution in [0, 0.1) is 0 Å². The summed E-state index contributed by atoms with van der Waals surface area (Å²) in [4.78, 5) is 11.9. The number of benzene rings is 2. The molecule has 28 heavy (non-hydrogen) atoms. The Morgan fingerprint density at radius 3 is 2.04 bits per heavy atom. The smallest absolute Gasteiger partial charge is 0.261 e. The molecule has 0 radical (unpaired) electrons. The van der Waals surface area contributed by atoms with Gasteiger partial charge in [-0.05, 0) is 28.3 Å². The molecule has 1 fully saturated rings. The third-order valence-corrected chi connectivity index (χ3v) is 10.7. The summed E-state index contributed by atoms with van der Waals surface area (Å²) in [5.74, 6) is 0.116. The Kier molecular flexibility index (Phi) is 6.21. The van der Waals surface area contributed by atoms with Gasteiger partial charge in [0.2, 0.25) is 5.91 Å². The van der Waals surface area contributed by atoms with Crippen LogP contribution >= 0.6 is 0 Å². The van der Waals surface area contributed by atoms with E-state index in [0.717, 1.165) is 12.8 Å². The largest absolute Gasteiger partial charge is 0.402 e. The number of hydrogen-bond donors (Lipinski definition) is 1. The first kappa shape index (κ1) is 20.6. The van der Waals surface area contributed by atoms with E-state index in [1.165, 1.54) is 10.4 Å².